The van der Waals surface area contributed by atoms with Crippen LogP contribution < -0.4 is 14.2 Å². The van der Waals surface area contributed by atoms with Crippen molar-refractivity contribution >= 4 is 43.7 Å². The van der Waals surface area contributed by atoms with Crippen molar-refractivity contribution in [3.8, 4) is 17.2 Å². The van der Waals surface area contributed by atoms with Crippen LogP contribution in [0.1, 0.15) is 32.6 Å². The monoisotopic (exact) mass is 556 g/mol. The number of hydrogen-bond donors (Lipinski definition) is 0. The standard InChI is InChI=1S/C25H18Br2O5/c1-14-21(30-12-17-10-19(27)9-16-11-29-13-31-25(16)17)7-6-20-23(28)22(32-24(14)20)8-15-2-4-18(26)5-3-15/h2-10H,11-13H2,1H3/b22-8-. The number of carbonyl (C=O) groups is 1. The highest BCUT2D eigenvalue weighted by Gasteiger charge is 2.30. The molecular formula is C25H18Br2O5. The maximum Gasteiger partial charge on any atom is 0.231 e. The Morgan fingerprint density at radius 2 is 1.84 bits per heavy atom. The van der Waals surface area contributed by atoms with Gasteiger partial charge >= 0.3 is 0 Å². The minimum absolute atomic E-state index is 0.132. The third-order valence-electron chi connectivity index (χ3n) is 5.34. The van der Waals surface area contributed by atoms with Gasteiger partial charge in [0, 0.05) is 25.6 Å². The summed E-state index contributed by atoms with van der Waals surface area (Å²) in [6.07, 6.45) is 1.75. The highest BCUT2D eigenvalue weighted by atomic mass is 79.9. The van der Waals surface area contributed by atoms with Crippen LogP contribution in [0.4, 0.5) is 0 Å². The fraction of sp³-hybridized carbons (Fsp3) is 0.160. The number of carbonyl (C=O) groups excluding carboxylic acids is 1. The van der Waals surface area contributed by atoms with Crippen molar-refractivity contribution in [2.45, 2.75) is 20.1 Å². The number of benzene rings is 3. The molecule has 0 amide bonds. The Labute approximate surface area is 202 Å². The lowest BCUT2D eigenvalue weighted by Crippen LogP contribution is -2.14. The van der Waals surface area contributed by atoms with Crippen LogP contribution in [0, 0.1) is 6.92 Å². The first-order valence-corrected chi connectivity index (χ1v) is 11.6. The topological polar surface area (TPSA) is 54.0 Å². The molecule has 162 valence electrons. The summed E-state index contributed by atoms with van der Waals surface area (Å²) in [5.41, 5.74) is 4.11. The molecule has 0 aliphatic carbocycles. The zero-order valence-corrected chi connectivity index (χ0v) is 20.3. The van der Waals surface area contributed by atoms with Gasteiger partial charge in [-0.3, -0.25) is 4.79 Å². The molecule has 3 aromatic carbocycles. The lowest BCUT2D eigenvalue weighted by molar-refractivity contribution is -0.0176. The van der Waals surface area contributed by atoms with Crippen LogP contribution in [0.15, 0.2) is 63.2 Å². The predicted molar refractivity (Wildman–Crippen MR) is 127 cm³/mol. The highest BCUT2D eigenvalue weighted by molar-refractivity contribution is 9.10. The van der Waals surface area contributed by atoms with Gasteiger partial charge in [0.25, 0.3) is 0 Å². The number of hydrogen-bond acceptors (Lipinski definition) is 5. The molecule has 2 aliphatic heterocycles. The first-order valence-electron chi connectivity index (χ1n) is 9.97. The van der Waals surface area contributed by atoms with Crippen molar-refractivity contribution in [2.24, 2.45) is 0 Å². The Bertz CT molecular complexity index is 1250. The Kier molecular flexibility index (Phi) is 5.80. The lowest BCUT2D eigenvalue weighted by Gasteiger charge is -2.21. The zero-order valence-electron chi connectivity index (χ0n) is 17.1. The van der Waals surface area contributed by atoms with E-state index < -0.39 is 0 Å². The van der Waals surface area contributed by atoms with Gasteiger partial charge in [0.1, 0.15) is 23.9 Å². The predicted octanol–water partition coefficient (Wildman–Crippen LogP) is 6.58. The average Bonchev–Trinajstić information content (AvgIpc) is 3.10. The molecule has 5 rings (SSSR count). The Morgan fingerprint density at radius 3 is 2.66 bits per heavy atom. The quantitative estimate of drug-likeness (QED) is 0.339. The molecule has 32 heavy (non-hydrogen) atoms. The van der Waals surface area contributed by atoms with Crippen molar-refractivity contribution < 1.29 is 23.7 Å². The molecule has 0 bridgehead atoms. The van der Waals surface area contributed by atoms with Gasteiger partial charge < -0.3 is 18.9 Å². The summed E-state index contributed by atoms with van der Waals surface area (Å²) in [6, 6.07) is 15.2. The first-order chi connectivity index (χ1) is 15.5. The second-order valence-electron chi connectivity index (χ2n) is 7.51. The Balaban J connectivity index is 1.39. The van der Waals surface area contributed by atoms with Crippen LogP contribution in [0.25, 0.3) is 6.08 Å². The fourth-order valence-corrected chi connectivity index (χ4v) is 4.57. The van der Waals surface area contributed by atoms with E-state index in [2.05, 4.69) is 31.9 Å². The van der Waals surface area contributed by atoms with Crippen LogP contribution in [-0.4, -0.2) is 12.6 Å². The highest BCUT2D eigenvalue weighted by Crippen LogP contribution is 2.40. The molecule has 0 N–H and O–H groups in total. The molecule has 3 aromatic rings. The van der Waals surface area contributed by atoms with Gasteiger partial charge in [-0.05, 0) is 55.0 Å². The number of ketones is 1. The smallest absolute Gasteiger partial charge is 0.231 e. The SMILES string of the molecule is Cc1c(OCc2cc(Br)cc3c2OCOC3)ccc2c1O/C(=C\c1ccc(Br)cc1)C2=O. The zero-order chi connectivity index (χ0) is 22.2. The van der Waals surface area contributed by atoms with Gasteiger partial charge in [-0.1, -0.05) is 44.0 Å². The number of allylic oxidation sites excluding steroid dienone is 1. The number of ether oxygens (including phenoxy) is 4. The van der Waals surface area contributed by atoms with E-state index in [9.17, 15) is 4.79 Å². The van der Waals surface area contributed by atoms with Crippen LogP contribution in [0.2, 0.25) is 0 Å². The lowest BCUT2D eigenvalue weighted by atomic mass is 10.1. The molecule has 2 heterocycles. The van der Waals surface area contributed by atoms with E-state index in [-0.39, 0.29) is 12.6 Å². The molecule has 0 unspecified atom stereocenters. The maximum absolute atomic E-state index is 12.8. The molecule has 0 saturated heterocycles. The summed E-state index contributed by atoms with van der Waals surface area (Å²) in [4.78, 5) is 12.8. The minimum atomic E-state index is -0.132. The maximum atomic E-state index is 12.8. The third-order valence-corrected chi connectivity index (χ3v) is 6.33. The Hall–Kier alpha value is -2.61. The molecule has 0 radical (unpaired) electrons. The number of halogens is 2. The van der Waals surface area contributed by atoms with Gasteiger partial charge in [-0.15, -0.1) is 0 Å². The van der Waals surface area contributed by atoms with Crippen molar-refractivity contribution in [3.63, 3.8) is 0 Å². The molecule has 0 spiro atoms. The molecule has 0 fully saturated rings. The second kappa shape index (κ2) is 8.73. The van der Waals surface area contributed by atoms with E-state index in [1.54, 1.807) is 12.1 Å². The van der Waals surface area contributed by atoms with Gasteiger partial charge in [0.05, 0.1) is 12.2 Å². The van der Waals surface area contributed by atoms with E-state index in [0.29, 0.717) is 36.0 Å². The van der Waals surface area contributed by atoms with E-state index in [0.717, 1.165) is 36.9 Å². The summed E-state index contributed by atoms with van der Waals surface area (Å²) >= 11 is 6.95. The molecule has 0 atom stereocenters. The molecule has 5 nitrogen and oxygen atoms in total. The summed E-state index contributed by atoms with van der Waals surface area (Å²) < 4.78 is 25.0. The summed E-state index contributed by atoms with van der Waals surface area (Å²) in [5.74, 6) is 2.16. The normalized spacial score (nSPS) is 15.7. The third kappa shape index (κ3) is 4.08. The number of fused-ring (bicyclic) bond motifs is 2. The van der Waals surface area contributed by atoms with E-state index in [1.165, 1.54) is 0 Å². The van der Waals surface area contributed by atoms with E-state index in [1.807, 2.05) is 49.4 Å². The van der Waals surface area contributed by atoms with E-state index in [4.69, 9.17) is 18.9 Å². The molecule has 2 aliphatic rings. The van der Waals surface area contributed by atoms with Gasteiger partial charge in [-0.25, -0.2) is 0 Å². The largest absolute Gasteiger partial charge is 0.488 e. The van der Waals surface area contributed by atoms with E-state index >= 15 is 0 Å². The second-order valence-corrected chi connectivity index (χ2v) is 9.34. The number of rotatable bonds is 4. The van der Waals surface area contributed by atoms with Crippen molar-refractivity contribution in [1.82, 2.24) is 0 Å². The minimum Gasteiger partial charge on any atom is -0.488 e. The molecule has 0 saturated carbocycles. The molecule has 0 aromatic heterocycles. The Morgan fingerprint density at radius 1 is 1.03 bits per heavy atom. The van der Waals surface area contributed by atoms with Crippen molar-refractivity contribution in [2.75, 3.05) is 6.79 Å². The number of Topliss-reactive ketones (excluding diaryl/α,β-unsaturated/α-hetero) is 1. The van der Waals surface area contributed by atoms with Gasteiger partial charge in [0.15, 0.2) is 12.6 Å². The van der Waals surface area contributed by atoms with Crippen LogP contribution in [0.3, 0.4) is 0 Å². The van der Waals surface area contributed by atoms with Crippen molar-refractivity contribution in [3.05, 3.63) is 91.1 Å². The van der Waals surface area contributed by atoms with Crippen LogP contribution in [-0.2, 0) is 18.0 Å². The van der Waals surface area contributed by atoms with Crippen LogP contribution in [0.5, 0.6) is 17.2 Å². The summed E-state index contributed by atoms with van der Waals surface area (Å²) in [7, 11) is 0. The van der Waals surface area contributed by atoms with Gasteiger partial charge in [-0.2, -0.15) is 0 Å². The first kappa shape index (κ1) is 21.2. The van der Waals surface area contributed by atoms with Gasteiger partial charge in [0.2, 0.25) is 5.78 Å². The van der Waals surface area contributed by atoms with Crippen molar-refractivity contribution in [1.29, 1.82) is 0 Å². The molecular weight excluding hydrogens is 540 g/mol. The summed E-state index contributed by atoms with van der Waals surface area (Å²) in [6.45, 7) is 2.94. The summed E-state index contributed by atoms with van der Waals surface area (Å²) in [5, 5.41) is 0. The molecule has 7 heteroatoms. The fourth-order valence-electron chi connectivity index (χ4n) is 3.75. The van der Waals surface area contributed by atoms with Crippen LogP contribution >= 0.6 is 31.9 Å². The average molecular weight is 558 g/mol.